The van der Waals surface area contributed by atoms with E-state index in [0.717, 1.165) is 0 Å². The zero-order chi connectivity index (χ0) is 31.9. The van der Waals surface area contributed by atoms with Gasteiger partial charge in [0.15, 0.2) is 0 Å². The fraction of sp³-hybridized carbons (Fsp3) is 0.0588. The maximum absolute atomic E-state index is 14.2. The summed E-state index contributed by atoms with van der Waals surface area (Å²) in [5.74, 6) is -2.02. The first-order valence-electron chi connectivity index (χ1n) is 13.9. The Labute approximate surface area is 260 Å². The van der Waals surface area contributed by atoms with E-state index in [-0.39, 0.29) is 24.2 Å². The number of rotatable bonds is 13. The van der Waals surface area contributed by atoms with Gasteiger partial charge in [-0.05, 0) is 0 Å². The molecule has 5 aromatic rings. The molecule has 0 radical (unpaired) electrons. The first-order chi connectivity index (χ1) is 21.7. The van der Waals surface area contributed by atoms with Crippen LogP contribution in [0, 0.1) is 9.81 Å². The molecule has 11 heteroatoms. The molecule has 0 aliphatic rings. The predicted octanol–water partition coefficient (Wildman–Crippen LogP) is 4.44. The van der Waals surface area contributed by atoms with Crippen molar-refractivity contribution in [3.05, 3.63) is 160 Å². The van der Waals surface area contributed by atoms with Gasteiger partial charge in [0.2, 0.25) is 0 Å². The molecule has 0 unspecified atom stereocenters. The van der Waals surface area contributed by atoms with Gasteiger partial charge in [0.1, 0.15) is 0 Å². The number of hydrogen-bond acceptors (Lipinski definition) is 6. The van der Waals surface area contributed by atoms with Gasteiger partial charge in [-0.3, -0.25) is 0 Å². The van der Waals surface area contributed by atoms with Crippen LogP contribution in [-0.2, 0) is 28.7 Å². The zero-order valence-electron chi connectivity index (χ0n) is 23.9. The Balaban J connectivity index is 1.75. The normalized spacial score (nSPS) is 11.9. The Bertz CT molecular complexity index is 1660. The summed E-state index contributed by atoms with van der Waals surface area (Å²) in [6.45, 7) is 0. The third kappa shape index (κ3) is 6.32. The van der Waals surface area contributed by atoms with Gasteiger partial charge < -0.3 is 0 Å². The van der Waals surface area contributed by atoms with E-state index >= 15 is 0 Å². The van der Waals surface area contributed by atoms with Crippen LogP contribution in [-0.4, -0.2) is 50.2 Å². The Morgan fingerprint density at radius 1 is 0.489 bits per heavy atom. The molecule has 0 aliphatic heterocycles. The minimum atomic E-state index is -6.26. The Hall–Kier alpha value is -5.34. The molecule has 0 fully saturated rings. The topological polar surface area (TPSA) is 133 Å². The van der Waals surface area contributed by atoms with Gasteiger partial charge in [-0.1, -0.05) is 0 Å². The summed E-state index contributed by atoms with van der Waals surface area (Å²) >= 11 is -6.26. The summed E-state index contributed by atoms with van der Waals surface area (Å²) in [7, 11) is 0. The van der Waals surface area contributed by atoms with E-state index < -0.39 is 30.2 Å². The number of carbonyl (C=O) groups is 2. The van der Waals surface area contributed by atoms with Crippen LogP contribution in [0.1, 0.15) is 11.1 Å². The predicted molar refractivity (Wildman–Crippen MR) is 168 cm³/mol. The molecule has 2 N–H and O–H groups in total. The van der Waals surface area contributed by atoms with Gasteiger partial charge in [0, 0.05) is 0 Å². The van der Waals surface area contributed by atoms with E-state index in [4.69, 9.17) is 6.23 Å². The second-order valence-electron chi connectivity index (χ2n) is 10.1. The summed E-state index contributed by atoms with van der Waals surface area (Å²) in [5, 5.41) is 18.4. The van der Waals surface area contributed by atoms with Gasteiger partial charge in [0.25, 0.3) is 0 Å². The van der Waals surface area contributed by atoms with Crippen molar-refractivity contribution in [2.75, 3.05) is 0 Å². The SMILES string of the molecule is O=C(O)Cc1ccc([N+](=O)[O][Sb]([O][N+](=O)c2ccc(CC(=O)O)cc2)([c]2ccccc2)([c]2ccccc2)[c]2ccccc2)cc1. The molecule has 0 saturated heterocycles. The second-order valence-corrected chi connectivity index (χ2v) is 20.9. The first-order valence-corrected chi connectivity index (χ1v) is 19.8. The third-order valence-corrected chi connectivity index (χ3v) is 20.4. The molecule has 10 nitrogen and oxygen atoms in total. The van der Waals surface area contributed by atoms with E-state index in [1.54, 1.807) is 91.0 Å². The summed E-state index contributed by atoms with van der Waals surface area (Å²) < 4.78 is 14.8. The molecule has 0 aromatic heterocycles. The molecule has 5 rings (SSSR count). The molecule has 0 atom stereocenters. The van der Waals surface area contributed by atoms with Gasteiger partial charge >= 0.3 is 261 Å². The summed E-state index contributed by atoms with van der Waals surface area (Å²) in [6.07, 6.45) is -0.441. The molecule has 0 bridgehead atoms. The van der Waals surface area contributed by atoms with Crippen LogP contribution in [0.5, 0.6) is 0 Å². The van der Waals surface area contributed by atoms with Crippen molar-refractivity contribution in [1.29, 1.82) is 0 Å². The van der Waals surface area contributed by atoms with Gasteiger partial charge in [0.05, 0.1) is 0 Å². The third-order valence-electron chi connectivity index (χ3n) is 7.14. The van der Waals surface area contributed by atoms with Crippen LogP contribution in [0.25, 0.3) is 0 Å². The summed E-state index contributed by atoms with van der Waals surface area (Å²) in [5.41, 5.74) is 1.10. The monoisotopic (exact) mass is 714 g/mol. The number of hydrogen-bond donors (Lipinski definition) is 2. The minimum absolute atomic E-state index is 0.0594. The van der Waals surface area contributed by atoms with Crippen LogP contribution in [0.3, 0.4) is 0 Å². The number of carboxylic acids is 2. The van der Waals surface area contributed by atoms with Crippen molar-refractivity contribution in [3.63, 3.8) is 0 Å². The number of aliphatic carboxylic acids is 2. The summed E-state index contributed by atoms with van der Waals surface area (Å²) in [4.78, 5) is 51.4. The molecule has 45 heavy (non-hydrogen) atoms. The van der Waals surface area contributed by atoms with E-state index in [2.05, 4.69) is 0 Å². The van der Waals surface area contributed by atoms with Crippen molar-refractivity contribution in [2.24, 2.45) is 0 Å². The number of benzene rings is 5. The molecule has 0 spiro atoms. The van der Waals surface area contributed by atoms with Crippen molar-refractivity contribution < 1.29 is 35.9 Å². The molecule has 0 saturated carbocycles. The fourth-order valence-corrected chi connectivity index (χ4v) is 17.6. The van der Waals surface area contributed by atoms with E-state index in [1.807, 2.05) is 0 Å². The zero-order valence-corrected chi connectivity index (χ0v) is 26.4. The fourth-order valence-electron chi connectivity index (χ4n) is 5.04. The van der Waals surface area contributed by atoms with Crippen LogP contribution in [0.4, 0.5) is 11.4 Å². The molecular weight excluding hydrogens is 686 g/mol. The van der Waals surface area contributed by atoms with Gasteiger partial charge in [-0.15, -0.1) is 0 Å². The van der Waals surface area contributed by atoms with Crippen LogP contribution in [0.15, 0.2) is 140 Å². The van der Waals surface area contributed by atoms with Crippen molar-refractivity contribution in [2.45, 2.75) is 12.8 Å². The van der Waals surface area contributed by atoms with Crippen LogP contribution < -0.4 is 10.5 Å². The Kier molecular flexibility index (Phi) is 9.06. The van der Waals surface area contributed by atoms with Crippen LogP contribution >= 0.6 is 0 Å². The molecule has 226 valence electrons. The van der Waals surface area contributed by atoms with Gasteiger partial charge in [-0.25, -0.2) is 0 Å². The summed E-state index contributed by atoms with van der Waals surface area (Å²) in [6, 6.07) is 38.5. The van der Waals surface area contributed by atoms with Crippen LogP contribution in [0.2, 0.25) is 0 Å². The molecule has 0 heterocycles. The van der Waals surface area contributed by atoms with Crippen molar-refractivity contribution in [1.82, 2.24) is 0 Å². The molecule has 0 amide bonds. The van der Waals surface area contributed by atoms with Gasteiger partial charge in [-0.2, -0.15) is 0 Å². The quantitative estimate of drug-likeness (QED) is 0.135. The maximum atomic E-state index is 14.2. The Morgan fingerprint density at radius 3 is 1.04 bits per heavy atom. The Morgan fingerprint density at radius 2 is 0.778 bits per heavy atom. The standard InChI is InChI=1S/2C8H7NO4.3C6H5.Sb/c2*10-8(11)5-6-1-3-7(4-2-6)9(12)13;3*1-2-4-6-5-3-1;/h2*1-4H,5H2,(H,10,11);3*1-5H;/q;;;;;+2. The molecule has 5 aromatic carbocycles. The average Bonchev–Trinajstić information content (AvgIpc) is 3.06. The average molecular weight is 715 g/mol. The van der Waals surface area contributed by atoms with E-state index in [9.17, 15) is 29.6 Å². The number of nitrogens with zero attached hydrogens (tertiary/aromatic N) is 2. The molecule has 0 aliphatic carbocycles. The van der Waals surface area contributed by atoms with E-state index in [0.29, 0.717) is 31.5 Å². The first kappa shape index (κ1) is 31.1. The number of carboxylic acid groups (broad SMARTS) is 2. The second kappa shape index (κ2) is 13.1. The van der Waals surface area contributed by atoms with Crippen molar-refractivity contribution >= 4 is 52.1 Å². The van der Waals surface area contributed by atoms with Crippen molar-refractivity contribution in [3.8, 4) is 0 Å². The van der Waals surface area contributed by atoms with E-state index in [1.165, 1.54) is 48.5 Å². The molecular formula is C34H29N2O8Sb+2.